The number of nitrogens with one attached hydrogen (secondary N) is 2. The molecule has 0 aliphatic rings. The molecule has 0 aliphatic heterocycles. The van der Waals surface area contributed by atoms with E-state index in [1.54, 1.807) is 12.3 Å². The van der Waals surface area contributed by atoms with E-state index >= 15 is 0 Å². The van der Waals surface area contributed by atoms with Crippen molar-refractivity contribution in [3.8, 4) is 0 Å². The standard InChI is InChI=1S/C22H24N4O/c1-14(2)18-10-6-8-16(4)20(18)26-22-23-12-11-19(25-22)21(27)24-17-9-5-7-15(3)13-17/h5-14H,1-4H3,(H,24,27)(H,23,25,26). The number of para-hydroxylation sites is 1. The summed E-state index contributed by atoms with van der Waals surface area (Å²) in [5, 5.41) is 6.16. The Morgan fingerprint density at radius 3 is 2.56 bits per heavy atom. The molecule has 3 rings (SSSR count). The molecular formula is C22H24N4O. The Morgan fingerprint density at radius 1 is 1.04 bits per heavy atom. The van der Waals surface area contributed by atoms with E-state index in [1.807, 2.05) is 50.2 Å². The van der Waals surface area contributed by atoms with Gasteiger partial charge in [-0.2, -0.15) is 0 Å². The van der Waals surface area contributed by atoms with Crippen LogP contribution in [0.25, 0.3) is 0 Å². The zero-order chi connectivity index (χ0) is 19.4. The van der Waals surface area contributed by atoms with Gasteiger partial charge in [-0.1, -0.05) is 44.2 Å². The highest BCUT2D eigenvalue weighted by atomic mass is 16.1. The van der Waals surface area contributed by atoms with Crippen molar-refractivity contribution in [1.82, 2.24) is 9.97 Å². The summed E-state index contributed by atoms with van der Waals surface area (Å²) < 4.78 is 0. The number of hydrogen-bond acceptors (Lipinski definition) is 4. The van der Waals surface area contributed by atoms with Gasteiger partial charge in [0.2, 0.25) is 5.95 Å². The minimum Gasteiger partial charge on any atom is -0.324 e. The van der Waals surface area contributed by atoms with Gasteiger partial charge in [-0.3, -0.25) is 4.79 Å². The first-order valence-electron chi connectivity index (χ1n) is 9.01. The predicted molar refractivity (Wildman–Crippen MR) is 110 cm³/mol. The van der Waals surface area contributed by atoms with E-state index in [0.29, 0.717) is 17.6 Å². The fourth-order valence-corrected chi connectivity index (χ4v) is 2.92. The minimum absolute atomic E-state index is 0.264. The van der Waals surface area contributed by atoms with Crippen LogP contribution in [0.15, 0.2) is 54.7 Å². The van der Waals surface area contributed by atoms with Crippen molar-refractivity contribution < 1.29 is 4.79 Å². The Bertz CT molecular complexity index is 966. The molecule has 0 saturated heterocycles. The lowest BCUT2D eigenvalue weighted by atomic mass is 9.98. The number of amides is 1. The Balaban J connectivity index is 1.83. The zero-order valence-corrected chi connectivity index (χ0v) is 16.1. The first-order valence-corrected chi connectivity index (χ1v) is 9.01. The smallest absolute Gasteiger partial charge is 0.274 e. The predicted octanol–water partition coefficient (Wildman–Crippen LogP) is 5.21. The molecule has 0 radical (unpaired) electrons. The van der Waals surface area contributed by atoms with Crippen LogP contribution in [-0.2, 0) is 0 Å². The van der Waals surface area contributed by atoms with E-state index in [0.717, 1.165) is 22.5 Å². The minimum atomic E-state index is -0.264. The van der Waals surface area contributed by atoms with Crippen LogP contribution in [-0.4, -0.2) is 15.9 Å². The zero-order valence-electron chi connectivity index (χ0n) is 16.1. The molecule has 27 heavy (non-hydrogen) atoms. The Morgan fingerprint density at radius 2 is 1.81 bits per heavy atom. The monoisotopic (exact) mass is 360 g/mol. The molecule has 1 amide bonds. The van der Waals surface area contributed by atoms with E-state index in [-0.39, 0.29) is 5.91 Å². The first-order chi connectivity index (χ1) is 12.9. The molecule has 1 heterocycles. The summed E-state index contributed by atoms with van der Waals surface area (Å²) >= 11 is 0. The molecule has 2 N–H and O–H groups in total. The summed E-state index contributed by atoms with van der Waals surface area (Å²) in [7, 11) is 0. The number of hydrogen-bond donors (Lipinski definition) is 2. The molecule has 0 atom stereocenters. The third-order valence-corrected chi connectivity index (χ3v) is 4.33. The summed E-state index contributed by atoms with van der Waals surface area (Å²) in [6, 6.07) is 15.4. The molecule has 0 fully saturated rings. The largest absolute Gasteiger partial charge is 0.324 e. The van der Waals surface area contributed by atoms with E-state index in [1.165, 1.54) is 5.56 Å². The Labute approximate surface area is 159 Å². The van der Waals surface area contributed by atoms with Crippen molar-refractivity contribution in [3.63, 3.8) is 0 Å². The van der Waals surface area contributed by atoms with E-state index < -0.39 is 0 Å². The molecule has 3 aromatic rings. The molecule has 138 valence electrons. The maximum atomic E-state index is 12.5. The molecule has 0 saturated carbocycles. The molecule has 0 spiro atoms. The second kappa shape index (κ2) is 7.99. The second-order valence-electron chi connectivity index (χ2n) is 6.91. The SMILES string of the molecule is Cc1cccc(NC(=O)c2ccnc(Nc3c(C)cccc3C(C)C)n2)c1. The van der Waals surface area contributed by atoms with Gasteiger partial charge in [0.25, 0.3) is 5.91 Å². The van der Waals surface area contributed by atoms with Crippen molar-refractivity contribution in [2.24, 2.45) is 0 Å². The van der Waals surface area contributed by atoms with Gasteiger partial charge in [0.15, 0.2) is 0 Å². The fraction of sp³-hybridized carbons (Fsp3) is 0.227. The Hall–Kier alpha value is -3.21. The van der Waals surface area contributed by atoms with Crippen LogP contribution < -0.4 is 10.6 Å². The third-order valence-electron chi connectivity index (χ3n) is 4.33. The fourth-order valence-electron chi connectivity index (χ4n) is 2.92. The van der Waals surface area contributed by atoms with Gasteiger partial charge < -0.3 is 10.6 Å². The number of carbonyl (C=O) groups excluding carboxylic acids is 1. The van der Waals surface area contributed by atoms with Gasteiger partial charge in [0.05, 0.1) is 0 Å². The number of carbonyl (C=O) groups is 1. The summed E-state index contributed by atoms with van der Waals surface area (Å²) in [6.07, 6.45) is 1.59. The topological polar surface area (TPSA) is 66.9 Å². The number of anilines is 3. The highest BCUT2D eigenvalue weighted by molar-refractivity contribution is 6.03. The van der Waals surface area contributed by atoms with Crippen molar-refractivity contribution >= 4 is 23.2 Å². The lowest BCUT2D eigenvalue weighted by molar-refractivity contribution is 0.102. The summed E-state index contributed by atoms with van der Waals surface area (Å²) in [5.41, 5.74) is 5.43. The first kappa shape index (κ1) is 18.6. The average Bonchev–Trinajstić information content (AvgIpc) is 2.63. The molecule has 1 aromatic heterocycles. The van der Waals surface area contributed by atoms with E-state index in [9.17, 15) is 4.79 Å². The van der Waals surface area contributed by atoms with Crippen LogP contribution in [0.2, 0.25) is 0 Å². The van der Waals surface area contributed by atoms with Gasteiger partial charge in [0.1, 0.15) is 5.69 Å². The molecule has 0 aliphatic carbocycles. The summed E-state index contributed by atoms with van der Waals surface area (Å²) in [6.45, 7) is 8.32. The highest BCUT2D eigenvalue weighted by Gasteiger charge is 2.13. The maximum absolute atomic E-state index is 12.5. The lowest BCUT2D eigenvalue weighted by Crippen LogP contribution is -2.15. The summed E-state index contributed by atoms with van der Waals surface area (Å²) in [5.74, 6) is 0.503. The highest BCUT2D eigenvalue weighted by Crippen LogP contribution is 2.29. The van der Waals surface area contributed by atoms with Crippen LogP contribution in [0.1, 0.15) is 46.9 Å². The number of aryl methyl sites for hydroxylation is 2. The van der Waals surface area contributed by atoms with Gasteiger partial charge in [-0.15, -0.1) is 0 Å². The van der Waals surface area contributed by atoms with Crippen LogP contribution in [0.5, 0.6) is 0 Å². The normalized spacial score (nSPS) is 10.7. The van der Waals surface area contributed by atoms with Crippen LogP contribution in [0, 0.1) is 13.8 Å². The third kappa shape index (κ3) is 4.50. The lowest BCUT2D eigenvalue weighted by Gasteiger charge is -2.16. The Kier molecular flexibility index (Phi) is 5.50. The number of nitrogens with zero attached hydrogens (tertiary/aromatic N) is 2. The molecular weight excluding hydrogens is 336 g/mol. The molecule has 5 nitrogen and oxygen atoms in total. The van der Waals surface area contributed by atoms with Crippen LogP contribution in [0.4, 0.5) is 17.3 Å². The van der Waals surface area contributed by atoms with E-state index in [2.05, 4.69) is 40.5 Å². The molecule has 5 heteroatoms. The molecule has 0 unspecified atom stereocenters. The van der Waals surface area contributed by atoms with Crippen molar-refractivity contribution in [2.45, 2.75) is 33.6 Å². The van der Waals surface area contributed by atoms with Crippen molar-refractivity contribution in [3.05, 3.63) is 77.1 Å². The number of benzene rings is 2. The summed E-state index contributed by atoms with van der Waals surface area (Å²) in [4.78, 5) is 21.2. The molecule has 2 aromatic carbocycles. The van der Waals surface area contributed by atoms with Crippen molar-refractivity contribution in [1.29, 1.82) is 0 Å². The van der Waals surface area contributed by atoms with Crippen molar-refractivity contribution in [2.75, 3.05) is 10.6 Å². The van der Waals surface area contributed by atoms with Gasteiger partial charge >= 0.3 is 0 Å². The van der Waals surface area contributed by atoms with Crippen LogP contribution >= 0.6 is 0 Å². The van der Waals surface area contributed by atoms with Gasteiger partial charge in [0, 0.05) is 17.6 Å². The molecule has 0 bridgehead atoms. The van der Waals surface area contributed by atoms with Gasteiger partial charge in [-0.25, -0.2) is 9.97 Å². The van der Waals surface area contributed by atoms with Gasteiger partial charge in [-0.05, 0) is 54.7 Å². The average molecular weight is 360 g/mol. The number of rotatable bonds is 5. The maximum Gasteiger partial charge on any atom is 0.274 e. The second-order valence-corrected chi connectivity index (χ2v) is 6.91. The quantitative estimate of drug-likeness (QED) is 0.655. The van der Waals surface area contributed by atoms with E-state index in [4.69, 9.17) is 0 Å². The number of aromatic nitrogens is 2. The van der Waals surface area contributed by atoms with Crippen LogP contribution in [0.3, 0.4) is 0 Å².